The summed E-state index contributed by atoms with van der Waals surface area (Å²) in [6.07, 6.45) is 7.36. The number of piperidine rings is 1. The van der Waals surface area contributed by atoms with Crippen molar-refractivity contribution in [2.75, 3.05) is 6.54 Å². The van der Waals surface area contributed by atoms with Crippen LogP contribution in [0.1, 0.15) is 49.0 Å². The zero-order chi connectivity index (χ0) is 14.1. The predicted octanol–water partition coefficient (Wildman–Crippen LogP) is 1.78. The minimum atomic E-state index is 0.0226. The first-order valence-electron chi connectivity index (χ1n) is 7.50. The van der Waals surface area contributed by atoms with Crippen LogP contribution in [-0.4, -0.2) is 39.0 Å². The SMILES string of the molecule is Cn1nccc1C(=O)N1CCCCC1C1CCCC1=O. The lowest BCUT2D eigenvalue weighted by Crippen LogP contribution is -2.49. The lowest BCUT2D eigenvalue weighted by atomic mass is 9.88. The van der Waals surface area contributed by atoms with Gasteiger partial charge < -0.3 is 4.90 Å². The van der Waals surface area contributed by atoms with E-state index in [0.29, 0.717) is 17.9 Å². The second-order valence-corrected chi connectivity index (χ2v) is 5.87. The van der Waals surface area contributed by atoms with Crippen molar-refractivity contribution in [3.63, 3.8) is 0 Å². The number of aryl methyl sites for hydroxylation is 1. The van der Waals surface area contributed by atoms with E-state index in [1.807, 2.05) is 4.90 Å². The summed E-state index contributed by atoms with van der Waals surface area (Å²) in [4.78, 5) is 26.7. The third-order valence-electron chi connectivity index (χ3n) is 4.67. The fourth-order valence-electron chi connectivity index (χ4n) is 3.61. The number of hydrogen-bond donors (Lipinski definition) is 0. The molecule has 1 aromatic heterocycles. The van der Waals surface area contributed by atoms with Crippen LogP contribution in [0.3, 0.4) is 0 Å². The van der Waals surface area contributed by atoms with E-state index in [1.54, 1.807) is 24.0 Å². The number of hydrogen-bond acceptors (Lipinski definition) is 3. The summed E-state index contributed by atoms with van der Waals surface area (Å²) in [7, 11) is 1.78. The Labute approximate surface area is 118 Å². The predicted molar refractivity (Wildman–Crippen MR) is 74.2 cm³/mol. The fourth-order valence-corrected chi connectivity index (χ4v) is 3.61. The van der Waals surface area contributed by atoms with Crippen LogP contribution >= 0.6 is 0 Å². The molecule has 0 bridgehead atoms. The van der Waals surface area contributed by atoms with Crippen molar-refractivity contribution in [1.29, 1.82) is 0 Å². The monoisotopic (exact) mass is 275 g/mol. The van der Waals surface area contributed by atoms with E-state index in [0.717, 1.165) is 38.6 Å². The molecule has 0 spiro atoms. The number of likely N-dealkylation sites (tertiary alicyclic amines) is 1. The highest BCUT2D eigenvalue weighted by atomic mass is 16.2. The summed E-state index contributed by atoms with van der Waals surface area (Å²) in [5, 5.41) is 4.07. The average molecular weight is 275 g/mol. The van der Waals surface area contributed by atoms with Gasteiger partial charge in [-0.2, -0.15) is 5.10 Å². The first-order chi connectivity index (χ1) is 9.68. The molecule has 0 radical (unpaired) electrons. The van der Waals surface area contributed by atoms with Crippen LogP contribution in [0.15, 0.2) is 12.3 Å². The van der Waals surface area contributed by atoms with E-state index in [-0.39, 0.29) is 17.9 Å². The van der Waals surface area contributed by atoms with E-state index >= 15 is 0 Å². The maximum Gasteiger partial charge on any atom is 0.272 e. The number of carbonyl (C=O) groups is 2. The van der Waals surface area contributed by atoms with Gasteiger partial charge in [-0.1, -0.05) is 0 Å². The molecule has 1 amide bonds. The van der Waals surface area contributed by atoms with E-state index in [2.05, 4.69) is 5.10 Å². The van der Waals surface area contributed by atoms with Crippen molar-refractivity contribution in [1.82, 2.24) is 14.7 Å². The Morgan fingerprint density at radius 3 is 2.80 bits per heavy atom. The van der Waals surface area contributed by atoms with Crippen molar-refractivity contribution >= 4 is 11.7 Å². The molecule has 1 saturated heterocycles. The summed E-state index contributed by atoms with van der Waals surface area (Å²) < 4.78 is 1.62. The zero-order valence-corrected chi connectivity index (χ0v) is 11.9. The minimum absolute atomic E-state index is 0.0226. The van der Waals surface area contributed by atoms with Gasteiger partial charge in [0.25, 0.3) is 5.91 Å². The number of Topliss-reactive ketones (excluding diaryl/α,β-unsaturated/α-hetero) is 1. The van der Waals surface area contributed by atoms with Crippen LogP contribution in [0.2, 0.25) is 0 Å². The normalized spacial score (nSPS) is 27.1. The molecule has 1 saturated carbocycles. The molecule has 2 heterocycles. The van der Waals surface area contributed by atoms with Crippen LogP contribution in [0.5, 0.6) is 0 Å². The van der Waals surface area contributed by atoms with E-state index in [1.165, 1.54) is 0 Å². The van der Waals surface area contributed by atoms with Crippen LogP contribution in [0.4, 0.5) is 0 Å². The van der Waals surface area contributed by atoms with Gasteiger partial charge >= 0.3 is 0 Å². The number of aromatic nitrogens is 2. The third-order valence-corrected chi connectivity index (χ3v) is 4.67. The smallest absolute Gasteiger partial charge is 0.272 e. The Morgan fingerprint density at radius 1 is 1.30 bits per heavy atom. The van der Waals surface area contributed by atoms with Crippen LogP contribution < -0.4 is 0 Å². The summed E-state index contributed by atoms with van der Waals surface area (Å²) in [5.74, 6) is 0.432. The van der Waals surface area contributed by atoms with E-state index < -0.39 is 0 Å². The highest BCUT2D eigenvalue weighted by Gasteiger charge is 2.39. The summed E-state index contributed by atoms with van der Waals surface area (Å²) in [6, 6.07) is 1.85. The van der Waals surface area contributed by atoms with Gasteiger partial charge in [0.1, 0.15) is 11.5 Å². The van der Waals surface area contributed by atoms with E-state index in [4.69, 9.17) is 0 Å². The highest BCUT2D eigenvalue weighted by Crippen LogP contribution is 2.33. The third kappa shape index (κ3) is 2.25. The number of carbonyl (C=O) groups excluding carboxylic acids is 2. The molecular weight excluding hydrogens is 254 g/mol. The maximum absolute atomic E-state index is 12.7. The molecule has 108 valence electrons. The van der Waals surface area contributed by atoms with Crippen LogP contribution in [-0.2, 0) is 11.8 Å². The van der Waals surface area contributed by atoms with Crippen molar-refractivity contribution in [2.24, 2.45) is 13.0 Å². The van der Waals surface area contributed by atoms with Gasteiger partial charge in [0.05, 0.1) is 0 Å². The number of ketones is 1. The molecule has 2 unspecified atom stereocenters. The molecule has 2 aliphatic rings. The molecule has 0 N–H and O–H groups in total. The van der Waals surface area contributed by atoms with Gasteiger partial charge in [0.15, 0.2) is 0 Å². The Hall–Kier alpha value is -1.65. The molecule has 3 rings (SSSR count). The summed E-state index contributed by atoms with van der Waals surface area (Å²) >= 11 is 0. The Bertz CT molecular complexity index is 523. The largest absolute Gasteiger partial charge is 0.334 e. The Kier molecular flexibility index (Phi) is 3.59. The minimum Gasteiger partial charge on any atom is -0.334 e. The summed E-state index contributed by atoms with van der Waals surface area (Å²) in [6.45, 7) is 0.762. The fraction of sp³-hybridized carbons (Fsp3) is 0.667. The second-order valence-electron chi connectivity index (χ2n) is 5.87. The number of rotatable bonds is 2. The second kappa shape index (κ2) is 5.38. The van der Waals surface area contributed by atoms with Crippen LogP contribution in [0, 0.1) is 5.92 Å². The van der Waals surface area contributed by atoms with Gasteiger partial charge in [-0.25, -0.2) is 0 Å². The zero-order valence-electron chi connectivity index (χ0n) is 11.9. The molecule has 20 heavy (non-hydrogen) atoms. The maximum atomic E-state index is 12.7. The van der Waals surface area contributed by atoms with Gasteiger partial charge in [-0.3, -0.25) is 14.3 Å². The lowest BCUT2D eigenvalue weighted by molar-refractivity contribution is -0.122. The first-order valence-corrected chi connectivity index (χ1v) is 7.50. The van der Waals surface area contributed by atoms with Crippen molar-refractivity contribution in [3.8, 4) is 0 Å². The lowest BCUT2D eigenvalue weighted by Gasteiger charge is -2.38. The van der Waals surface area contributed by atoms with Gasteiger partial charge in [0.2, 0.25) is 0 Å². The summed E-state index contributed by atoms with van der Waals surface area (Å²) in [5.41, 5.74) is 0.613. The van der Waals surface area contributed by atoms with E-state index in [9.17, 15) is 9.59 Å². The number of amides is 1. The Balaban J connectivity index is 1.84. The molecule has 1 aromatic rings. The topological polar surface area (TPSA) is 55.2 Å². The average Bonchev–Trinajstić information content (AvgIpc) is 3.06. The quantitative estimate of drug-likeness (QED) is 0.826. The van der Waals surface area contributed by atoms with Gasteiger partial charge in [-0.05, 0) is 38.2 Å². The highest BCUT2D eigenvalue weighted by molar-refractivity contribution is 5.93. The molecular formula is C15H21N3O2. The molecule has 1 aliphatic carbocycles. The first kappa shape index (κ1) is 13.3. The molecule has 0 aromatic carbocycles. The van der Waals surface area contributed by atoms with Crippen LogP contribution in [0.25, 0.3) is 0 Å². The standard InChI is InChI=1S/C15H21N3O2/c1-17-13(8-9-16-17)15(20)18-10-3-2-6-12(18)11-5-4-7-14(11)19/h8-9,11-12H,2-7,10H2,1H3. The molecule has 2 atom stereocenters. The molecule has 2 fully saturated rings. The molecule has 5 heteroatoms. The Morgan fingerprint density at radius 2 is 2.15 bits per heavy atom. The number of nitrogens with zero attached hydrogens (tertiary/aromatic N) is 3. The van der Waals surface area contributed by atoms with Crippen molar-refractivity contribution < 1.29 is 9.59 Å². The van der Waals surface area contributed by atoms with Gasteiger partial charge in [-0.15, -0.1) is 0 Å². The molecule has 5 nitrogen and oxygen atoms in total. The molecule has 1 aliphatic heterocycles. The van der Waals surface area contributed by atoms with Crippen molar-refractivity contribution in [3.05, 3.63) is 18.0 Å². The van der Waals surface area contributed by atoms with Crippen molar-refractivity contribution in [2.45, 2.75) is 44.6 Å². The van der Waals surface area contributed by atoms with Gasteiger partial charge in [0, 0.05) is 38.2 Å².